The molecule has 0 radical (unpaired) electrons. The van der Waals surface area contributed by atoms with Gasteiger partial charge >= 0.3 is 12.3 Å². The number of rotatable bonds is 4. The molecule has 0 spiro atoms. The van der Waals surface area contributed by atoms with E-state index in [9.17, 15) is 22.8 Å². The van der Waals surface area contributed by atoms with Crippen molar-refractivity contribution in [3.8, 4) is 17.1 Å². The zero-order chi connectivity index (χ0) is 18.9. The number of halogens is 3. The van der Waals surface area contributed by atoms with E-state index in [2.05, 4.69) is 14.7 Å². The van der Waals surface area contributed by atoms with Crippen LogP contribution in [0.5, 0.6) is 5.75 Å². The number of alkyl halides is 3. The highest BCUT2D eigenvalue weighted by atomic mass is 19.4. The van der Waals surface area contributed by atoms with E-state index in [-0.39, 0.29) is 28.8 Å². The molecule has 0 amide bonds. The van der Waals surface area contributed by atoms with Crippen molar-refractivity contribution in [2.45, 2.75) is 13.3 Å². The van der Waals surface area contributed by atoms with E-state index < -0.39 is 23.5 Å². The quantitative estimate of drug-likeness (QED) is 0.691. The average Bonchev–Trinajstić information content (AvgIpc) is 3.08. The highest BCUT2D eigenvalue weighted by molar-refractivity contribution is 6.00. The van der Waals surface area contributed by atoms with Crippen LogP contribution in [-0.4, -0.2) is 28.9 Å². The molecule has 0 atom stereocenters. The number of hydrogen-bond acceptors (Lipinski definition) is 4. The molecule has 26 heavy (non-hydrogen) atoms. The molecule has 0 unspecified atom stereocenters. The van der Waals surface area contributed by atoms with E-state index in [1.165, 1.54) is 12.1 Å². The number of aromatic nitrogens is 2. The van der Waals surface area contributed by atoms with Crippen LogP contribution < -0.4 is 10.2 Å². The number of carbonyl (C=O) groups excluding carboxylic acids is 1. The molecule has 0 aliphatic heterocycles. The number of esters is 1. The lowest BCUT2D eigenvalue weighted by molar-refractivity contribution is -0.274. The number of pyridine rings is 1. The Bertz CT molecular complexity index is 1010. The molecule has 6 nitrogen and oxygen atoms in total. The molecule has 136 valence electrons. The van der Waals surface area contributed by atoms with Gasteiger partial charge in [0.05, 0.1) is 28.9 Å². The molecule has 2 aromatic heterocycles. The summed E-state index contributed by atoms with van der Waals surface area (Å²) in [6, 6.07) is 6.80. The molecule has 3 rings (SSSR count). The fourth-order valence-corrected chi connectivity index (χ4v) is 2.58. The normalized spacial score (nSPS) is 11.5. The van der Waals surface area contributed by atoms with Gasteiger partial charge in [-0.05, 0) is 31.2 Å². The van der Waals surface area contributed by atoms with Crippen LogP contribution in [0.4, 0.5) is 13.2 Å². The Morgan fingerprint density at radius 3 is 2.58 bits per heavy atom. The first-order valence-electron chi connectivity index (χ1n) is 7.57. The number of nitrogens with one attached hydrogen (secondary N) is 2. The third-order valence-corrected chi connectivity index (χ3v) is 3.57. The minimum Gasteiger partial charge on any atom is -0.462 e. The fraction of sp³-hybridized carbons (Fsp3) is 0.176. The molecule has 2 heterocycles. The number of benzene rings is 1. The molecule has 9 heteroatoms. The Morgan fingerprint density at radius 2 is 1.96 bits per heavy atom. The van der Waals surface area contributed by atoms with Crippen LogP contribution >= 0.6 is 0 Å². The number of para-hydroxylation sites is 1. The van der Waals surface area contributed by atoms with Gasteiger partial charge in [0.2, 0.25) is 5.43 Å². The molecule has 0 saturated carbocycles. The first-order valence-corrected chi connectivity index (χ1v) is 7.57. The lowest BCUT2D eigenvalue weighted by atomic mass is 10.1. The fourth-order valence-electron chi connectivity index (χ4n) is 2.58. The van der Waals surface area contributed by atoms with Crippen LogP contribution in [0.2, 0.25) is 0 Å². The third-order valence-electron chi connectivity index (χ3n) is 3.57. The topological polar surface area (TPSA) is 84.2 Å². The van der Waals surface area contributed by atoms with Gasteiger partial charge in [0.25, 0.3) is 0 Å². The Labute approximate surface area is 144 Å². The van der Waals surface area contributed by atoms with Gasteiger partial charge in [0.1, 0.15) is 5.56 Å². The molecule has 0 fully saturated rings. The summed E-state index contributed by atoms with van der Waals surface area (Å²) in [7, 11) is 0. The Morgan fingerprint density at radius 1 is 1.19 bits per heavy atom. The van der Waals surface area contributed by atoms with Gasteiger partial charge in [-0.15, -0.1) is 13.2 Å². The standard InChI is InChI=1S/C17H13F3N2O4/c1-2-25-16(24)12-14(10-6-4-8-21-10)22-13-9(15(12)23)5-3-7-11(13)26-17(18,19)20/h3-8,21H,2H2,1H3,(H,22,23). The second-order valence-electron chi connectivity index (χ2n) is 5.23. The number of carbonyl (C=O) groups is 1. The maximum absolute atomic E-state index is 12.8. The summed E-state index contributed by atoms with van der Waals surface area (Å²) in [5, 5.41) is -0.120. The molecular weight excluding hydrogens is 353 g/mol. The predicted octanol–water partition coefficient (Wildman–Crippen LogP) is 3.60. The monoisotopic (exact) mass is 366 g/mol. The van der Waals surface area contributed by atoms with Crippen molar-refractivity contribution in [2.75, 3.05) is 6.61 Å². The van der Waals surface area contributed by atoms with Gasteiger partial charge in [-0.1, -0.05) is 6.07 Å². The number of ether oxygens (including phenoxy) is 2. The zero-order valence-corrected chi connectivity index (χ0v) is 13.4. The largest absolute Gasteiger partial charge is 0.573 e. The van der Waals surface area contributed by atoms with Gasteiger partial charge in [-0.2, -0.15) is 0 Å². The predicted molar refractivity (Wildman–Crippen MR) is 87.0 cm³/mol. The second-order valence-corrected chi connectivity index (χ2v) is 5.23. The maximum Gasteiger partial charge on any atom is 0.573 e. The minimum atomic E-state index is -4.93. The van der Waals surface area contributed by atoms with E-state index in [0.717, 1.165) is 6.07 Å². The van der Waals surface area contributed by atoms with Crippen LogP contribution in [0.1, 0.15) is 17.3 Å². The van der Waals surface area contributed by atoms with E-state index in [0.29, 0.717) is 5.69 Å². The Kier molecular flexibility index (Phi) is 4.45. The molecule has 2 N–H and O–H groups in total. The number of H-pyrrole nitrogens is 2. The summed E-state index contributed by atoms with van der Waals surface area (Å²) in [5.41, 5.74) is -0.870. The average molecular weight is 366 g/mol. The van der Waals surface area contributed by atoms with E-state index in [1.807, 2.05) is 0 Å². The highest BCUT2D eigenvalue weighted by Crippen LogP contribution is 2.30. The van der Waals surface area contributed by atoms with Gasteiger partial charge in [-0.25, -0.2) is 4.79 Å². The van der Waals surface area contributed by atoms with Crippen LogP contribution in [0, 0.1) is 0 Å². The molecule has 0 aliphatic carbocycles. The first kappa shape index (κ1) is 17.6. The minimum absolute atomic E-state index is 0.0178. The van der Waals surface area contributed by atoms with Gasteiger partial charge in [0.15, 0.2) is 5.75 Å². The smallest absolute Gasteiger partial charge is 0.462 e. The molecule has 1 aromatic carbocycles. The second kappa shape index (κ2) is 6.58. The van der Waals surface area contributed by atoms with Crippen molar-refractivity contribution in [2.24, 2.45) is 0 Å². The van der Waals surface area contributed by atoms with Crippen LogP contribution in [-0.2, 0) is 4.74 Å². The summed E-state index contributed by atoms with van der Waals surface area (Å²) >= 11 is 0. The lowest BCUT2D eigenvalue weighted by Gasteiger charge is -2.14. The SMILES string of the molecule is CCOC(=O)c1c(-c2ccc[nH]2)[nH]c2c(OC(F)(F)F)cccc2c1=O. The number of fused-ring (bicyclic) bond motifs is 1. The van der Waals surface area contributed by atoms with Gasteiger partial charge in [0, 0.05) is 6.20 Å². The van der Waals surface area contributed by atoms with Crippen LogP contribution in [0.3, 0.4) is 0 Å². The third kappa shape index (κ3) is 3.28. The Hall–Kier alpha value is -3.23. The summed E-state index contributed by atoms with van der Waals surface area (Å²) in [4.78, 5) is 30.6. The first-order chi connectivity index (χ1) is 12.3. The number of aromatic amines is 2. The molecular formula is C17H13F3N2O4. The van der Waals surface area contributed by atoms with E-state index in [1.54, 1.807) is 25.3 Å². The van der Waals surface area contributed by atoms with Crippen molar-refractivity contribution in [3.05, 3.63) is 52.3 Å². The van der Waals surface area contributed by atoms with Gasteiger partial charge in [-0.3, -0.25) is 4.79 Å². The molecule has 0 bridgehead atoms. The highest BCUT2D eigenvalue weighted by Gasteiger charge is 2.32. The van der Waals surface area contributed by atoms with Crippen molar-refractivity contribution >= 4 is 16.9 Å². The van der Waals surface area contributed by atoms with Crippen molar-refractivity contribution in [3.63, 3.8) is 0 Å². The van der Waals surface area contributed by atoms with Crippen molar-refractivity contribution in [1.82, 2.24) is 9.97 Å². The summed E-state index contributed by atoms with van der Waals surface area (Å²) < 4.78 is 46.9. The molecule has 3 aromatic rings. The van der Waals surface area contributed by atoms with Crippen LogP contribution in [0.25, 0.3) is 22.3 Å². The maximum atomic E-state index is 12.8. The van der Waals surface area contributed by atoms with Crippen LogP contribution in [0.15, 0.2) is 41.3 Å². The van der Waals surface area contributed by atoms with Crippen molar-refractivity contribution < 1.29 is 27.4 Å². The zero-order valence-electron chi connectivity index (χ0n) is 13.4. The van der Waals surface area contributed by atoms with E-state index in [4.69, 9.17) is 4.74 Å². The summed E-state index contributed by atoms with van der Waals surface area (Å²) in [6.45, 7) is 1.62. The van der Waals surface area contributed by atoms with Gasteiger partial charge < -0.3 is 19.4 Å². The number of hydrogen-bond donors (Lipinski definition) is 2. The molecule has 0 saturated heterocycles. The Balaban J connectivity index is 2.34. The van der Waals surface area contributed by atoms with Crippen molar-refractivity contribution in [1.29, 1.82) is 0 Å². The summed E-state index contributed by atoms with van der Waals surface area (Å²) in [5.74, 6) is -1.45. The van der Waals surface area contributed by atoms with E-state index >= 15 is 0 Å². The summed E-state index contributed by atoms with van der Waals surface area (Å²) in [6.07, 6.45) is -3.39. The molecule has 0 aliphatic rings. The lowest BCUT2D eigenvalue weighted by Crippen LogP contribution is -2.22.